The lowest BCUT2D eigenvalue weighted by Crippen LogP contribution is -2.37. The van der Waals surface area contributed by atoms with Crippen LogP contribution in [0.25, 0.3) is 0 Å². The number of hydrogen-bond acceptors (Lipinski definition) is 2. The van der Waals surface area contributed by atoms with Crippen LogP contribution in [-0.4, -0.2) is 11.8 Å². The fourth-order valence-electron chi connectivity index (χ4n) is 1.38. The molecule has 1 aliphatic heterocycles. The largest absolute Gasteiger partial charge is 0.292 e. The lowest BCUT2D eigenvalue weighted by molar-refractivity contribution is -0.119. The number of fused-ring (bicyclic) bond motifs is 1. The van der Waals surface area contributed by atoms with Gasteiger partial charge in [0.2, 0.25) is 5.91 Å². The Balaban J connectivity index is 2.61. The molecule has 1 aromatic rings. The molecule has 2 rings (SSSR count). The first kappa shape index (κ1) is 8.26. The van der Waals surface area contributed by atoms with E-state index in [1.54, 1.807) is 18.2 Å². The monoisotopic (exact) mass is 195 g/mol. The molecule has 0 fully saturated rings. The maximum Gasteiger partial charge on any atom is 0.259 e. The second-order valence-electron chi connectivity index (χ2n) is 2.83. The van der Waals surface area contributed by atoms with E-state index in [2.05, 4.69) is 5.32 Å². The second-order valence-corrected chi connectivity index (χ2v) is 3.24. The van der Waals surface area contributed by atoms with Crippen LogP contribution in [0.2, 0.25) is 5.02 Å². The van der Waals surface area contributed by atoms with Gasteiger partial charge in [-0.2, -0.15) is 0 Å². The van der Waals surface area contributed by atoms with Gasteiger partial charge in [-0.25, -0.2) is 0 Å². The van der Waals surface area contributed by atoms with Gasteiger partial charge in [0.15, 0.2) is 0 Å². The highest BCUT2D eigenvalue weighted by Gasteiger charge is 2.23. The molecule has 0 spiro atoms. The number of carbonyl (C=O) groups is 2. The molecule has 0 bridgehead atoms. The Morgan fingerprint density at radius 2 is 2.08 bits per heavy atom. The zero-order valence-corrected chi connectivity index (χ0v) is 7.39. The van der Waals surface area contributed by atoms with Crippen LogP contribution < -0.4 is 5.32 Å². The van der Waals surface area contributed by atoms with Gasteiger partial charge in [0.25, 0.3) is 5.91 Å². The molecule has 13 heavy (non-hydrogen) atoms. The number of rotatable bonds is 0. The fraction of sp³-hybridized carbons (Fsp3) is 0.111. The zero-order chi connectivity index (χ0) is 9.42. The summed E-state index contributed by atoms with van der Waals surface area (Å²) in [7, 11) is 0. The summed E-state index contributed by atoms with van der Waals surface area (Å²) in [5, 5.41) is 2.61. The molecule has 0 aliphatic carbocycles. The minimum absolute atomic E-state index is 0.224. The molecular weight excluding hydrogens is 190 g/mol. The average molecular weight is 196 g/mol. The third-order valence-corrected chi connectivity index (χ3v) is 2.25. The summed E-state index contributed by atoms with van der Waals surface area (Å²) in [5.41, 5.74) is 1.12. The number of benzene rings is 1. The zero-order valence-electron chi connectivity index (χ0n) is 6.63. The first-order valence-electron chi connectivity index (χ1n) is 3.80. The SMILES string of the molecule is O=C1Cc2cccc(Cl)c2C(=O)N1. The first-order valence-corrected chi connectivity index (χ1v) is 4.18. The number of nitrogens with one attached hydrogen (secondary N) is 1. The Hall–Kier alpha value is -1.35. The highest BCUT2D eigenvalue weighted by Crippen LogP contribution is 2.22. The fourth-order valence-corrected chi connectivity index (χ4v) is 1.66. The van der Waals surface area contributed by atoms with Crippen molar-refractivity contribution >= 4 is 23.4 Å². The predicted molar refractivity (Wildman–Crippen MR) is 47.6 cm³/mol. The Kier molecular flexibility index (Phi) is 1.81. The van der Waals surface area contributed by atoms with Crippen molar-refractivity contribution in [3.63, 3.8) is 0 Å². The van der Waals surface area contributed by atoms with Gasteiger partial charge in [0, 0.05) is 0 Å². The van der Waals surface area contributed by atoms with Gasteiger partial charge in [0.05, 0.1) is 17.0 Å². The summed E-state index contributed by atoms with van der Waals surface area (Å²) >= 11 is 5.81. The summed E-state index contributed by atoms with van der Waals surface area (Å²) in [6.07, 6.45) is 0.224. The molecule has 0 aromatic heterocycles. The van der Waals surface area contributed by atoms with Gasteiger partial charge in [-0.05, 0) is 11.6 Å². The minimum atomic E-state index is -0.406. The molecular formula is C9H6ClNO2. The highest BCUT2D eigenvalue weighted by atomic mass is 35.5. The molecule has 66 valence electrons. The number of hydrogen-bond donors (Lipinski definition) is 1. The Morgan fingerprint density at radius 3 is 2.85 bits per heavy atom. The van der Waals surface area contributed by atoms with Crippen LogP contribution in [-0.2, 0) is 11.2 Å². The van der Waals surface area contributed by atoms with Gasteiger partial charge in [-0.15, -0.1) is 0 Å². The topological polar surface area (TPSA) is 46.2 Å². The minimum Gasteiger partial charge on any atom is -0.292 e. The summed E-state index contributed by atoms with van der Waals surface area (Å²) < 4.78 is 0. The Morgan fingerprint density at radius 1 is 1.31 bits per heavy atom. The molecule has 1 heterocycles. The van der Waals surface area contributed by atoms with E-state index in [4.69, 9.17) is 11.6 Å². The summed E-state index contributed by atoms with van der Waals surface area (Å²) in [6.45, 7) is 0. The van der Waals surface area contributed by atoms with Crippen molar-refractivity contribution in [2.75, 3.05) is 0 Å². The molecule has 1 aromatic carbocycles. The van der Waals surface area contributed by atoms with Crippen LogP contribution in [0.5, 0.6) is 0 Å². The number of imide groups is 1. The van der Waals surface area contributed by atoms with Crippen LogP contribution in [0.1, 0.15) is 15.9 Å². The lowest BCUT2D eigenvalue weighted by atomic mass is 10.0. The molecule has 0 atom stereocenters. The van der Waals surface area contributed by atoms with Crippen molar-refractivity contribution < 1.29 is 9.59 Å². The van der Waals surface area contributed by atoms with Gasteiger partial charge in [-0.1, -0.05) is 23.7 Å². The van der Waals surface area contributed by atoms with E-state index in [-0.39, 0.29) is 12.3 Å². The molecule has 0 radical (unpaired) electrons. The van der Waals surface area contributed by atoms with Crippen LogP contribution in [0.3, 0.4) is 0 Å². The van der Waals surface area contributed by atoms with E-state index in [1.165, 1.54) is 0 Å². The third-order valence-electron chi connectivity index (χ3n) is 1.93. The van der Waals surface area contributed by atoms with E-state index in [0.29, 0.717) is 16.1 Å². The normalized spacial score (nSPS) is 15.2. The highest BCUT2D eigenvalue weighted by molar-refractivity contribution is 6.34. The first-order chi connectivity index (χ1) is 6.18. The Labute approximate surface area is 79.7 Å². The van der Waals surface area contributed by atoms with Crippen molar-refractivity contribution in [2.45, 2.75) is 6.42 Å². The lowest BCUT2D eigenvalue weighted by Gasteiger charge is -2.15. The number of halogens is 1. The van der Waals surface area contributed by atoms with Crippen molar-refractivity contribution in [2.24, 2.45) is 0 Å². The Bertz CT molecular complexity index is 401. The van der Waals surface area contributed by atoms with E-state index in [9.17, 15) is 9.59 Å². The molecule has 0 saturated heterocycles. The van der Waals surface area contributed by atoms with Crippen LogP contribution in [0, 0.1) is 0 Å². The standard InChI is InChI=1S/C9H6ClNO2/c10-6-3-1-2-5-4-7(12)11-9(13)8(5)6/h1-3H,4H2,(H,11,12,13). The predicted octanol–water partition coefficient (Wildman–Crippen LogP) is 1.15. The van der Waals surface area contributed by atoms with E-state index in [0.717, 1.165) is 0 Å². The molecule has 0 saturated carbocycles. The third kappa shape index (κ3) is 1.31. The summed E-state index contributed by atoms with van der Waals surface area (Å²) in [4.78, 5) is 22.3. The van der Waals surface area contributed by atoms with Gasteiger partial charge in [-0.3, -0.25) is 14.9 Å². The van der Waals surface area contributed by atoms with Crippen LogP contribution >= 0.6 is 11.6 Å². The van der Waals surface area contributed by atoms with Gasteiger partial charge in [0.1, 0.15) is 0 Å². The second kappa shape index (κ2) is 2.85. The number of carbonyl (C=O) groups excluding carboxylic acids is 2. The van der Waals surface area contributed by atoms with E-state index >= 15 is 0 Å². The summed E-state index contributed by atoms with van der Waals surface area (Å²) in [5.74, 6) is -0.684. The van der Waals surface area contributed by atoms with Crippen molar-refractivity contribution in [3.05, 3.63) is 34.3 Å². The van der Waals surface area contributed by atoms with Crippen molar-refractivity contribution in [1.82, 2.24) is 5.32 Å². The molecule has 1 N–H and O–H groups in total. The van der Waals surface area contributed by atoms with Crippen LogP contribution in [0.4, 0.5) is 0 Å². The smallest absolute Gasteiger partial charge is 0.259 e. The molecule has 1 aliphatic rings. The quantitative estimate of drug-likeness (QED) is 0.632. The van der Waals surface area contributed by atoms with Gasteiger partial charge >= 0.3 is 0 Å². The maximum atomic E-state index is 11.3. The molecule has 2 amide bonds. The molecule has 4 heteroatoms. The number of amides is 2. The summed E-state index contributed by atoms with van der Waals surface area (Å²) in [6, 6.07) is 5.10. The maximum absolute atomic E-state index is 11.3. The van der Waals surface area contributed by atoms with E-state index in [1.807, 2.05) is 0 Å². The average Bonchev–Trinajstić information content (AvgIpc) is 2.02. The van der Waals surface area contributed by atoms with Crippen molar-refractivity contribution in [3.8, 4) is 0 Å². The van der Waals surface area contributed by atoms with E-state index < -0.39 is 5.91 Å². The molecule has 0 unspecified atom stereocenters. The van der Waals surface area contributed by atoms with Crippen molar-refractivity contribution in [1.29, 1.82) is 0 Å². The van der Waals surface area contributed by atoms with Crippen LogP contribution in [0.15, 0.2) is 18.2 Å². The van der Waals surface area contributed by atoms with Gasteiger partial charge < -0.3 is 0 Å². The molecule has 3 nitrogen and oxygen atoms in total.